The number of rotatable bonds is 5. The summed E-state index contributed by atoms with van der Waals surface area (Å²) in [7, 11) is 3.93. The van der Waals surface area contributed by atoms with E-state index < -0.39 is 0 Å². The molecule has 0 fully saturated rings. The molecule has 106 valence electrons. The zero-order chi connectivity index (χ0) is 14.5. The van der Waals surface area contributed by atoms with Crippen molar-refractivity contribution in [2.45, 2.75) is 19.5 Å². The largest absolute Gasteiger partial charge is 0.355 e. The Balaban J connectivity index is 2.20. The molecule has 0 amide bonds. The summed E-state index contributed by atoms with van der Waals surface area (Å²) in [4.78, 5) is 6.55. The molecule has 20 heavy (non-hydrogen) atoms. The van der Waals surface area contributed by atoms with Crippen molar-refractivity contribution in [3.63, 3.8) is 0 Å². The zero-order valence-electron chi connectivity index (χ0n) is 12.1. The molecule has 0 radical (unpaired) electrons. The van der Waals surface area contributed by atoms with Gasteiger partial charge in [-0.15, -0.1) is 0 Å². The van der Waals surface area contributed by atoms with Crippen molar-refractivity contribution in [2.75, 3.05) is 19.0 Å². The van der Waals surface area contributed by atoms with Gasteiger partial charge in [-0.05, 0) is 37.7 Å². The number of pyridine rings is 1. The number of anilines is 1. The molecule has 1 N–H and O–H groups in total. The maximum absolute atomic E-state index is 12.9. The third-order valence-electron chi connectivity index (χ3n) is 3.41. The van der Waals surface area contributed by atoms with Gasteiger partial charge in [0.15, 0.2) is 0 Å². The van der Waals surface area contributed by atoms with Crippen LogP contribution in [0.3, 0.4) is 0 Å². The van der Waals surface area contributed by atoms with E-state index in [9.17, 15) is 4.39 Å². The van der Waals surface area contributed by atoms with E-state index in [0.29, 0.717) is 6.54 Å². The van der Waals surface area contributed by atoms with Crippen LogP contribution in [0.1, 0.15) is 24.1 Å². The van der Waals surface area contributed by atoms with Crippen LogP contribution in [0.4, 0.5) is 10.2 Å². The second-order valence-corrected chi connectivity index (χ2v) is 4.91. The summed E-state index contributed by atoms with van der Waals surface area (Å²) in [5, 5.41) is 3.23. The minimum absolute atomic E-state index is 0.210. The molecule has 2 aromatic rings. The molecule has 0 saturated carbocycles. The highest BCUT2D eigenvalue weighted by Gasteiger charge is 2.13. The highest BCUT2D eigenvalue weighted by Crippen LogP contribution is 2.23. The van der Waals surface area contributed by atoms with Gasteiger partial charge in [-0.2, -0.15) is 0 Å². The Morgan fingerprint density at radius 3 is 2.60 bits per heavy atom. The minimum Gasteiger partial charge on any atom is -0.355 e. The molecule has 4 heteroatoms. The average molecular weight is 273 g/mol. The summed E-state index contributed by atoms with van der Waals surface area (Å²) in [6.07, 6.45) is 1.79. The van der Waals surface area contributed by atoms with Gasteiger partial charge in [0.25, 0.3) is 0 Å². The van der Waals surface area contributed by atoms with Crippen LogP contribution < -0.4 is 10.2 Å². The SMILES string of the molecule is CNC(C)c1cccnc1N(C)Cc1ccc(F)cc1. The van der Waals surface area contributed by atoms with Gasteiger partial charge >= 0.3 is 0 Å². The van der Waals surface area contributed by atoms with Crippen molar-refractivity contribution >= 4 is 5.82 Å². The highest BCUT2D eigenvalue weighted by molar-refractivity contribution is 5.48. The summed E-state index contributed by atoms with van der Waals surface area (Å²) in [5.74, 6) is 0.734. The lowest BCUT2D eigenvalue weighted by Crippen LogP contribution is -2.22. The summed E-state index contributed by atoms with van der Waals surface area (Å²) in [6.45, 7) is 2.80. The number of aromatic nitrogens is 1. The van der Waals surface area contributed by atoms with Crippen molar-refractivity contribution in [1.82, 2.24) is 10.3 Å². The van der Waals surface area contributed by atoms with Crippen LogP contribution in [-0.2, 0) is 6.54 Å². The molecule has 2 rings (SSSR count). The summed E-state index contributed by atoms with van der Waals surface area (Å²) in [6, 6.07) is 10.8. The number of hydrogen-bond donors (Lipinski definition) is 1. The molecule has 1 aromatic heterocycles. The van der Waals surface area contributed by atoms with Crippen molar-refractivity contribution in [1.29, 1.82) is 0 Å². The van der Waals surface area contributed by atoms with Gasteiger partial charge in [0.05, 0.1) is 0 Å². The molecule has 0 bridgehead atoms. The fraction of sp³-hybridized carbons (Fsp3) is 0.312. The first-order valence-corrected chi connectivity index (χ1v) is 6.69. The van der Waals surface area contributed by atoms with E-state index in [4.69, 9.17) is 0 Å². The monoisotopic (exact) mass is 273 g/mol. The summed E-state index contributed by atoms with van der Waals surface area (Å²) in [5.41, 5.74) is 2.21. The van der Waals surface area contributed by atoms with Crippen LogP contribution in [-0.4, -0.2) is 19.1 Å². The number of hydrogen-bond acceptors (Lipinski definition) is 3. The van der Waals surface area contributed by atoms with E-state index in [0.717, 1.165) is 16.9 Å². The van der Waals surface area contributed by atoms with Crippen LogP contribution in [0.5, 0.6) is 0 Å². The fourth-order valence-corrected chi connectivity index (χ4v) is 2.16. The lowest BCUT2D eigenvalue weighted by Gasteiger charge is -2.23. The summed E-state index contributed by atoms with van der Waals surface area (Å²) < 4.78 is 12.9. The Morgan fingerprint density at radius 1 is 1.25 bits per heavy atom. The van der Waals surface area contributed by atoms with Gasteiger partial charge in [0.2, 0.25) is 0 Å². The number of benzene rings is 1. The third-order valence-corrected chi connectivity index (χ3v) is 3.41. The van der Waals surface area contributed by atoms with Crippen LogP contribution >= 0.6 is 0 Å². The van der Waals surface area contributed by atoms with Gasteiger partial charge in [-0.25, -0.2) is 9.37 Å². The van der Waals surface area contributed by atoms with Gasteiger partial charge in [-0.3, -0.25) is 0 Å². The topological polar surface area (TPSA) is 28.2 Å². The molecule has 0 spiro atoms. The van der Waals surface area contributed by atoms with Crippen LogP contribution in [0, 0.1) is 5.82 Å². The molecule has 1 aromatic carbocycles. The molecular formula is C16H20FN3. The Labute approximate surface area is 119 Å². The lowest BCUT2D eigenvalue weighted by atomic mass is 10.1. The number of nitrogens with one attached hydrogen (secondary N) is 1. The zero-order valence-corrected chi connectivity index (χ0v) is 12.1. The van der Waals surface area contributed by atoms with Crippen molar-refractivity contribution in [2.24, 2.45) is 0 Å². The second-order valence-electron chi connectivity index (χ2n) is 4.91. The molecule has 1 atom stereocenters. The van der Waals surface area contributed by atoms with Gasteiger partial charge in [0.1, 0.15) is 11.6 Å². The molecule has 0 aliphatic carbocycles. The standard InChI is InChI=1S/C16H20FN3/c1-12(18-2)15-5-4-10-19-16(15)20(3)11-13-6-8-14(17)9-7-13/h4-10,12,18H,11H2,1-3H3. The van der Waals surface area contributed by atoms with Crippen LogP contribution in [0.15, 0.2) is 42.6 Å². The van der Waals surface area contributed by atoms with Crippen molar-refractivity contribution < 1.29 is 4.39 Å². The first-order chi connectivity index (χ1) is 9.61. The van der Waals surface area contributed by atoms with Crippen molar-refractivity contribution in [3.05, 3.63) is 59.5 Å². The number of halogens is 1. The van der Waals surface area contributed by atoms with E-state index in [1.54, 1.807) is 18.3 Å². The third kappa shape index (κ3) is 3.33. The summed E-state index contributed by atoms with van der Waals surface area (Å²) >= 11 is 0. The van der Waals surface area contributed by atoms with Gasteiger partial charge in [-0.1, -0.05) is 18.2 Å². The number of nitrogens with zero attached hydrogens (tertiary/aromatic N) is 2. The Kier molecular flexibility index (Phi) is 4.69. The minimum atomic E-state index is -0.210. The van der Waals surface area contributed by atoms with Crippen LogP contribution in [0.25, 0.3) is 0 Å². The van der Waals surface area contributed by atoms with E-state index in [1.165, 1.54) is 12.1 Å². The molecule has 0 aliphatic heterocycles. The van der Waals surface area contributed by atoms with Crippen LogP contribution in [0.2, 0.25) is 0 Å². The molecule has 1 unspecified atom stereocenters. The van der Waals surface area contributed by atoms with E-state index in [1.807, 2.05) is 20.2 Å². The maximum atomic E-state index is 12.9. The van der Waals surface area contributed by atoms with Crippen molar-refractivity contribution in [3.8, 4) is 0 Å². The second kappa shape index (κ2) is 6.48. The van der Waals surface area contributed by atoms with E-state index in [2.05, 4.69) is 28.2 Å². The Hall–Kier alpha value is -1.94. The fourth-order valence-electron chi connectivity index (χ4n) is 2.16. The Bertz CT molecular complexity index is 554. The predicted molar refractivity (Wildman–Crippen MR) is 80.2 cm³/mol. The molecule has 1 heterocycles. The molecule has 3 nitrogen and oxygen atoms in total. The average Bonchev–Trinajstić information content (AvgIpc) is 2.48. The molecule has 0 saturated heterocycles. The highest BCUT2D eigenvalue weighted by atomic mass is 19.1. The quantitative estimate of drug-likeness (QED) is 0.907. The lowest BCUT2D eigenvalue weighted by molar-refractivity contribution is 0.626. The normalized spacial score (nSPS) is 12.2. The smallest absolute Gasteiger partial charge is 0.133 e. The Morgan fingerprint density at radius 2 is 1.95 bits per heavy atom. The molecule has 0 aliphatic rings. The molecular weight excluding hydrogens is 253 g/mol. The van der Waals surface area contributed by atoms with E-state index in [-0.39, 0.29) is 11.9 Å². The van der Waals surface area contributed by atoms with Gasteiger partial charge in [0, 0.05) is 31.4 Å². The first-order valence-electron chi connectivity index (χ1n) is 6.69. The first kappa shape index (κ1) is 14.5. The predicted octanol–water partition coefficient (Wildman–Crippen LogP) is 3.14. The van der Waals surface area contributed by atoms with Gasteiger partial charge < -0.3 is 10.2 Å². The van der Waals surface area contributed by atoms with E-state index >= 15 is 0 Å². The maximum Gasteiger partial charge on any atom is 0.133 e.